The van der Waals surface area contributed by atoms with E-state index in [4.69, 9.17) is 0 Å². The second-order valence-corrected chi connectivity index (χ2v) is 19.1. The number of benzene rings is 11. The van der Waals surface area contributed by atoms with Crippen LogP contribution in [0.25, 0.3) is 60.5 Å². The Morgan fingerprint density at radius 1 is 0.408 bits per heavy atom. The Bertz CT molecular complexity index is 3810. The van der Waals surface area contributed by atoms with Crippen molar-refractivity contribution in [3.05, 3.63) is 301 Å². The van der Waals surface area contributed by atoms with E-state index in [1.807, 2.05) is 0 Å². The Morgan fingerprint density at radius 2 is 0.958 bits per heavy atom. The maximum atomic E-state index is 2.63. The third-order valence-corrected chi connectivity index (χ3v) is 15.4. The maximum Gasteiger partial charge on any atom is 0.0714 e. The first-order chi connectivity index (χ1) is 35.2. The molecule has 0 saturated carbocycles. The molecular weight excluding hydrogens is 857 g/mol. The minimum atomic E-state index is -0.482. The summed E-state index contributed by atoms with van der Waals surface area (Å²) in [5.41, 5.74) is 20.6. The van der Waals surface area contributed by atoms with Crippen molar-refractivity contribution in [1.29, 1.82) is 0 Å². The second-order valence-electron chi connectivity index (χ2n) is 19.1. The van der Waals surface area contributed by atoms with E-state index in [0.29, 0.717) is 0 Å². The Labute approximate surface area is 415 Å². The highest BCUT2D eigenvalue weighted by Crippen LogP contribution is 2.58. The van der Waals surface area contributed by atoms with Crippen LogP contribution in [0, 0.1) is 0 Å². The van der Waals surface area contributed by atoms with E-state index in [9.17, 15) is 0 Å². The Kier molecular flexibility index (Phi) is 9.60. The molecule has 1 heterocycles. The number of nitrogens with zero attached hydrogens (tertiary/aromatic N) is 2. The summed E-state index contributed by atoms with van der Waals surface area (Å²) in [6.45, 7) is 0. The maximum absolute atomic E-state index is 2.63. The number of hydrogen-bond donors (Lipinski definition) is 0. The number of allylic oxidation sites excluding steroid dienone is 2. The highest BCUT2D eigenvalue weighted by Gasteiger charge is 2.47. The van der Waals surface area contributed by atoms with Crippen LogP contribution in [-0.4, -0.2) is 6.04 Å². The molecule has 0 radical (unpaired) electrons. The van der Waals surface area contributed by atoms with Gasteiger partial charge in [-0.05, 0) is 121 Å². The lowest BCUT2D eigenvalue weighted by Gasteiger charge is -2.35. The molecule has 2 heteroatoms. The van der Waals surface area contributed by atoms with Crippen LogP contribution in [0.1, 0.15) is 34.2 Å². The van der Waals surface area contributed by atoms with E-state index in [1.54, 1.807) is 0 Å². The molecule has 0 aromatic heterocycles. The van der Waals surface area contributed by atoms with Crippen LogP contribution in [-0.2, 0) is 5.41 Å². The molecule has 1 unspecified atom stereocenters. The Balaban J connectivity index is 0.917. The molecule has 334 valence electrons. The summed E-state index contributed by atoms with van der Waals surface area (Å²) >= 11 is 0. The van der Waals surface area contributed by atoms with Crippen molar-refractivity contribution in [3.8, 4) is 33.4 Å². The van der Waals surface area contributed by atoms with Gasteiger partial charge in [0, 0.05) is 33.4 Å². The van der Waals surface area contributed by atoms with Crippen LogP contribution in [0.2, 0.25) is 0 Å². The third-order valence-electron chi connectivity index (χ3n) is 15.4. The van der Waals surface area contributed by atoms with Crippen molar-refractivity contribution in [2.24, 2.45) is 0 Å². The fourth-order valence-electron chi connectivity index (χ4n) is 12.4. The van der Waals surface area contributed by atoms with Crippen LogP contribution in [0.5, 0.6) is 0 Å². The van der Waals surface area contributed by atoms with E-state index < -0.39 is 5.41 Å². The zero-order valence-electron chi connectivity index (χ0n) is 39.2. The summed E-state index contributed by atoms with van der Waals surface area (Å²) in [5.74, 6) is 0. The topological polar surface area (TPSA) is 6.48 Å². The molecule has 0 bridgehead atoms. The molecule has 1 atom stereocenters. The van der Waals surface area contributed by atoms with Gasteiger partial charge in [0.2, 0.25) is 0 Å². The average molecular weight is 905 g/mol. The van der Waals surface area contributed by atoms with Crippen LogP contribution in [0.15, 0.2) is 273 Å². The van der Waals surface area contributed by atoms with Crippen molar-refractivity contribution >= 4 is 55.6 Å². The first-order valence-electron chi connectivity index (χ1n) is 24.9. The van der Waals surface area contributed by atoms with Gasteiger partial charge in [-0.2, -0.15) is 0 Å². The lowest BCUT2D eigenvalue weighted by atomic mass is 9.67. The molecule has 0 fully saturated rings. The first kappa shape index (κ1) is 41.0. The van der Waals surface area contributed by atoms with Gasteiger partial charge in [-0.1, -0.05) is 231 Å². The number of fused-ring (bicyclic) bond motifs is 8. The smallest absolute Gasteiger partial charge is 0.0714 e. The summed E-state index contributed by atoms with van der Waals surface area (Å²) in [5, 5.41) is 4.85. The second kappa shape index (κ2) is 16.6. The number of rotatable bonds is 8. The van der Waals surface area contributed by atoms with E-state index in [0.717, 1.165) is 29.0 Å². The molecule has 2 aliphatic carbocycles. The van der Waals surface area contributed by atoms with Gasteiger partial charge in [0.15, 0.2) is 0 Å². The summed E-state index contributed by atoms with van der Waals surface area (Å²) in [6, 6.07) is 94.7. The summed E-state index contributed by atoms with van der Waals surface area (Å²) in [6.07, 6.45) is 7.84. The quantitative estimate of drug-likeness (QED) is 0.150. The van der Waals surface area contributed by atoms with Crippen molar-refractivity contribution in [2.75, 3.05) is 9.80 Å². The fraction of sp³-hybridized carbons (Fsp3) is 0.0435. The van der Waals surface area contributed by atoms with Gasteiger partial charge in [0.1, 0.15) is 0 Å². The lowest BCUT2D eigenvalue weighted by Crippen LogP contribution is -2.30. The summed E-state index contributed by atoms with van der Waals surface area (Å²) in [7, 11) is 0. The Morgan fingerprint density at radius 3 is 1.65 bits per heavy atom. The zero-order chi connectivity index (χ0) is 46.9. The van der Waals surface area contributed by atoms with Crippen LogP contribution >= 0.6 is 0 Å². The normalized spacial score (nSPS) is 15.0. The molecule has 2 nitrogen and oxygen atoms in total. The molecule has 0 spiro atoms. The molecule has 0 N–H and O–H groups in total. The van der Waals surface area contributed by atoms with Crippen LogP contribution < -0.4 is 9.80 Å². The van der Waals surface area contributed by atoms with Gasteiger partial charge in [-0.25, -0.2) is 0 Å². The molecule has 14 rings (SSSR count). The lowest BCUT2D eigenvalue weighted by molar-refractivity contribution is 0.765. The molecule has 1 aliphatic heterocycles. The van der Waals surface area contributed by atoms with Crippen molar-refractivity contribution in [1.82, 2.24) is 0 Å². The predicted octanol–water partition coefficient (Wildman–Crippen LogP) is 18.0. The first-order valence-corrected chi connectivity index (χ1v) is 24.9. The largest absolute Gasteiger partial charge is 0.333 e. The van der Waals surface area contributed by atoms with Crippen LogP contribution in [0.4, 0.5) is 28.4 Å². The van der Waals surface area contributed by atoms with E-state index in [1.165, 1.54) is 94.1 Å². The highest BCUT2D eigenvalue weighted by molar-refractivity contribution is 6.05. The zero-order valence-corrected chi connectivity index (χ0v) is 39.2. The van der Waals surface area contributed by atoms with Crippen LogP contribution in [0.3, 0.4) is 0 Å². The van der Waals surface area contributed by atoms with Crippen molar-refractivity contribution in [2.45, 2.75) is 17.9 Å². The van der Waals surface area contributed by atoms with Crippen molar-refractivity contribution < 1.29 is 0 Å². The summed E-state index contributed by atoms with van der Waals surface area (Å²) < 4.78 is 0. The highest BCUT2D eigenvalue weighted by atomic mass is 15.2. The average Bonchev–Trinajstić information content (AvgIpc) is 3.94. The third kappa shape index (κ3) is 6.42. The number of hydrogen-bond acceptors (Lipinski definition) is 2. The fourth-order valence-corrected chi connectivity index (χ4v) is 12.4. The minimum absolute atomic E-state index is 0.177. The molecule has 11 aromatic carbocycles. The van der Waals surface area contributed by atoms with Gasteiger partial charge < -0.3 is 9.80 Å². The molecular formula is C69H48N2. The van der Waals surface area contributed by atoms with E-state index in [-0.39, 0.29) is 6.04 Å². The predicted molar refractivity (Wildman–Crippen MR) is 298 cm³/mol. The molecule has 0 saturated heterocycles. The van der Waals surface area contributed by atoms with E-state index in [2.05, 4.69) is 283 Å². The molecule has 3 aliphatic rings. The molecule has 11 aromatic rings. The monoisotopic (exact) mass is 904 g/mol. The SMILES string of the molecule is C1=CCC2C(=C1)c1ccc(-c3ccccc3-c3cccc(N(c4cccc5ccccc45)c4cccc5ccccc45)c3)cc1N2c1ccc2c(c1)C(c1ccccc1)(c1ccccc1)c1ccccc1-2. The molecule has 0 amide bonds. The van der Waals surface area contributed by atoms with Crippen molar-refractivity contribution in [3.63, 3.8) is 0 Å². The number of anilines is 5. The molecule has 71 heavy (non-hydrogen) atoms. The Hall–Kier alpha value is -8.98. The van der Waals surface area contributed by atoms with E-state index >= 15 is 0 Å². The van der Waals surface area contributed by atoms with Gasteiger partial charge in [-0.3, -0.25) is 0 Å². The minimum Gasteiger partial charge on any atom is -0.333 e. The standard InChI is InChI=1S/C69H48N2/c1-3-25-51(26-4-1)69(52-27-5-2-6-28-52)63-36-15-13-34-59(63)60-43-41-54(46-64(60)69)71-67-37-16-14-35-61(67)62-42-40-50(45-68(62)71)56-31-12-11-30-55(56)49-24-17-29-53(44-49)70(65-38-18-22-47-20-7-9-32-57(47)65)66-39-19-23-48-21-8-10-33-58(48)66/h1-36,38-46,67H,37H2. The van der Waals surface area contributed by atoms with Gasteiger partial charge >= 0.3 is 0 Å². The van der Waals surface area contributed by atoms with Gasteiger partial charge in [0.25, 0.3) is 0 Å². The van der Waals surface area contributed by atoms with Gasteiger partial charge in [-0.15, -0.1) is 0 Å². The van der Waals surface area contributed by atoms with Gasteiger partial charge in [0.05, 0.1) is 22.8 Å². The summed E-state index contributed by atoms with van der Waals surface area (Å²) in [4.78, 5) is 5.08.